The van der Waals surface area contributed by atoms with E-state index in [2.05, 4.69) is 98.8 Å². The van der Waals surface area contributed by atoms with E-state index in [4.69, 9.17) is 0 Å². The lowest BCUT2D eigenvalue weighted by molar-refractivity contribution is -0.954. The van der Waals surface area contributed by atoms with Gasteiger partial charge in [0.15, 0.2) is 0 Å². The average molecular weight is 755 g/mol. The molecule has 2 rings (SSSR count). The molecule has 0 fully saturated rings. The Morgan fingerprint density at radius 2 is 0.564 bits per heavy atom. The zero-order chi connectivity index (χ0) is 39.0. The lowest BCUT2D eigenvalue weighted by atomic mass is 10.0. The van der Waals surface area contributed by atoms with Gasteiger partial charge in [0.05, 0.1) is 13.1 Å². The molecule has 0 saturated carbocycles. The first-order chi connectivity index (χ1) is 27.3. The van der Waals surface area contributed by atoms with E-state index >= 15 is 0 Å². The number of hydrogen-bond donors (Lipinski definition) is 0. The van der Waals surface area contributed by atoms with E-state index in [9.17, 15) is 0 Å². The first-order valence-corrected chi connectivity index (χ1v) is 24.5. The molecule has 0 aliphatic heterocycles. The number of nitrogens with zero attached hydrogens (tertiary/aromatic N) is 1. The number of quaternary nitrogens is 1. The predicted molar refractivity (Wildman–Crippen MR) is 248 cm³/mol. The van der Waals surface area contributed by atoms with E-state index in [1.165, 1.54) is 230 Å². The van der Waals surface area contributed by atoms with E-state index in [0.717, 1.165) is 17.6 Å². The predicted octanol–water partition coefficient (Wildman–Crippen LogP) is 17.8. The van der Waals surface area contributed by atoms with Crippen molar-refractivity contribution in [3.05, 3.63) is 96.1 Å². The van der Waals surface area contributed by atoms with Crippen LogP contribution in [0.1, 0.15) is 230 Å². The summed E-state index contributed by atoms with van der Waals surface area (Å²) in [5, 5.41) is 0. The van der Waals surface area contributed by atoms with Crippen LogP contribution in [0.3, 0.4) is 0 Å². The monoisotopic (exact) mass is 755 g/mol. The van der Waals surface area contributed by atoms with Crippen molar-refractivity contribution in [2.24, 2.45) is 0 Å². The van der Waals surface area contributed by atoms with Crippen molar-refractivity contribution >= 4 is 0 Å². The molecule has 0 radical (unpaired) electrons. The highest BCUT2D eigenvalue weighted by atomic mass is 15.3. The van der Waals surface area contributed by atoms with Crippen molar-refractivity contribution in [1.82, 2.24) is 0 Å². The zero-order valence-corrected chi connectivity index (χ0v) is 37.0. The quantitative estimate of drug-likeness (QED) is 0.0361. The van der Waals surface area contributed by atoms with Crippen LogP contribution < -0.4 is 0 Å². The van der Waals surface area contributed by atoms with Crippen LogP contribution in [0.2, 0.25) is 0 Å². The Bertz CT molecular complexity index is 1010. The van der Waals surface area contributed by atoms with Crippen molar-refractivity contribution in [3.8, 4) is 0 Å². The molecule has 0 amide bonds. The van der Waals surface area contributed by atoms with Crippen LogP contribution in [0.15, 0.2) is 85.0 Å². The minimum atomic E-state index is 1.13. The van der Waals surface area contributed by atoms with Crippen molar-refractivity contribution in [3.63, 3.8) is 0 Å². The van der Waals surface area contributed by atoms with Gasteiger partial charge in [-0.15, -0.1) is 0 Å². The van der Waals surface area contributed by atoms with E-state index in [1.807, 2.05) is 0 Å². The lowest BCUT2D eigenvalue weighted by Gasteiger charge is -2.39. The Morgan fingerprint density at radius 3 is 0.855 bits per heavy atom. The lowest BCUT2D eigenvalue weighted by Crippen LogP contribution is -2.48. The van der Waals surface area contributed by atoms with Gasteiger partial charge in [-0.25, -0.2) is 0 Å². The zero-order valence-electron chi connectivity index (χ0n) is 37.0. The van der Waals surface area contributed by atoms with Crippen molar-refractivity contribution < 1.29 is 4.48 Å². The van der Waals surface area contributed by atoms with Gasteiger partial charge in [0.1, 0.15) is 13.1 Å². The maximum absolute atomic E-state index is 2.50. The Hall–Kier alpha value is -2.12. The molecule has 0 bridgehead atoms. The Labute approximate surface area is 344 Å². The summed E-state index contributed by atoms with van der Waals surface area (Å²) in [6.45, 7) is 9.36. The second-order valence-corrected chi connectivity index (χ2v) is 17.4. The van der Waals surface area contributed by atoms with Crippen LogP contribution in [0.5, 0.6) is 0 Å². The minimum absolute atomic E-state index is 1.13. The fourth-order valence-corrected chi connectivity index (χ4v) is 8.55. The standard InChI is InChI=1S/C54H92N/c1-3-5-7-9-11-13-15-17-19-21-23-25-27-29-31-33-35-43-49-55(51-53-45-39-37-40-46-53,52-54-47-41-38-42-48-54)50-44-36-34-32-30-28-26-24-22-20-18-16-14-12-10-8-6-4-2/h31-34,37-42,45-48H,3-30,35-36,43-44,49-52H2,1-2H3/q+1/b33-31+,34-32+. The minimum Gasteiger partial charge on any atom is -0.316 e. The molecule has 0 spiro atoms. The van der Waals surface area contributed by atoms with Crippen LogP contribution in [0.4, 0.5) is 0 Å². The molecular weight excluding hydrogens is 663 g/mol. The highest BCUT2D eigenvalue weighted by molar-refractivity contribution is 5.15. The first kappa shape index (κ1) is 49.0. The van der Waals surface area contributed by atoms with E-state index in [1.54, 1.807) is 0 Å². The molecule has 0 saturated heterocycles. The molecule has 2 aromatic carbocycles. The van der Waals surface area contributed by atoms with Crippen LogP contribution >= 0.6 is 0 Å². The molecule has 2 aromatic rings. The van der Waals surface area contributed by atoms with Gasteiger partial charge >= 0.3 is 0 Å². The molecular formula is C54H92N+. The van der Waals surface area contributed by atoms with Gasteiger partial charge in [-0.2, -0.15) is 0 Å². The summed E-state index contributed by atoms with van der Waals surface area (Å²) in [6.07, 6.45) is 54.7. The number of benzene rings is 2. The second-order valence-electron chi connectivity index (χ2n) is 17.4. The summed E-state index contributed by atoms with van der Waals surface area (Å²) in [4.78, 5) is 0. The molecule has 312 valence electrons. The highest BCUT2D eigenvalue weighted by Crippen LogP contribution is 2.24. The number of unbranched alkanes of at least 4 members (excludes halogenated alkanes) is 28. The van der Waals surface area contributed by atoms with E-state index < -0.39 is 0 Å². The fourth-order valence-electron chi connectivity index (χ4n) is 8.55. The SMILES string of the molecule is CCCCCCCCCCCCCCC/C=C/CCC[N+](CCC/C=C/CCCCCCCCCCCCCCC)(Cc1ccccc1)Cc1ccccc1. The maximum Gasteiger partial charge on any atom is 0.105 e. The average Bonchev–Trinajstić information content (AvgIpc) is 3.20. The summed E-state index contributed by atoms with van der Waals surface area (Å²) in [5.41, 5.74) is 2.96. The third kappa shape index (κ3) is 29.7. The van der Waals surface area contributed by atoms with E-state index in [-0.39, 0.29) is 0 Å². The summed E-state index contributed by atoms with van der Waals surface area (Å²) in [7, 11) is 0. The van der Waals surface area contributed by atoms with Gasteiger partial charge in [-0.05, 0) is 38.5 Å². The molecule has 0 unspecified atom stereocenters. The van der Waals surface area contributed by atoms with Crippen LogP contribution in [-0.2, 0) is 13.1 Å². The summed E-state index contributed by atoms with van der Waals surface area (Å²) in [6, 6.07) is 22.6. The smallest absolute Gasteiger partial charge is 0.105 e. The maximum atomic E-state index is 2.50. The second kappa shape index (κ2) is 37.5. The van der Waals surface area contributed by atoms with Gasteiger partial charge in [-0.1, -0.05) is 253 Å². The molecule has 1 nitrogen and oxygen atoms in total. The van der Waals surface area contributed by atoms with Crippen LogP contribution in [-0.4, -0.2) is 17.6 Å². The topological polar surface area (TPSA) is 0 Å². The molecule has 1 heteroatoms. The molecule has 0 heterocycles. The Balaban J connectivity index is 1.68. The molecule has 0 atom stereocenters. The fraction of sp³-hybridized carbons (Fsp3) is 0.704. The van der Waals surface area contributed by atoms with Crippen molar-refractivity contribution in [2.45, 2.75) is 232 Å². The van der Waals surface area contributed by atoms with Crippen molar-refractivity contribution in [2.75, 3.05) is 13.1 Å². The van der Waals surface area contributed by atoms with Gasteiger partial charge in [0.25, 0.3) is 0 Å². The number of allylic oxidation sites excluding steroid dienone is 4. The van der Waals surface area contributed by atoms with Gasteiger partial charge in [0.2, 0.25) is 0 Å². The third-order valence-electron chi connectivity index (χ3n) is 12.0. The first-order valence-electron chi connectivity index (χ1n) is 24.5. The molecule has 0 N–H and O–H groups in total. The van der Waals surface area contributed by atoms with Crippen molar-refractivity contribution in [1.29, 1.82) is 0 Å². The Morgan fingerprint density at radius 1 is 0.309 bits per heavy atom. The summed E-state index contributed by atoms with van der Waals surface area (Å²) >= 11 is 0. The molecule has 0 aliphatic carbocycles. The van der Waals surface area contributed by atoms with Gasteiger partial charge < -0.3 is 4.48 Å². The molecule has 0 aliphatic rings. The number of hydrogen-bond acceptors (Lipinski definition) is 0. The largest absolute Gasteiger partial charge is 0.316 e. The summed E-state index contributed by atoms with van der Waals surface area (Å²) in [5.74, 6) is 0. The molecule has 0 aromatic heterocycles. The van der Waals surface area contributed by atoms with Crippen LogP contribution in [0, 0.1) is 0 Å². The van der Waals surface area contributed by atoms with Crippen LogP contribution in [0.25, 0.3) is 0 Å². The van der Waals surface area contributed by atoms with Gasteiger partial charge in [-0.3, -0.25) is 0 Å². The Kier molecular flexibility index (Phi) is 33.4. The van der Waals surface area contributed by atoms with Gasteiger partial charge in [0, 0.05) is 24.0 Å². The van der Waals surface area contributed by atoms with E-state index in [0.29, 0.717) is 0 Å². The third-order valence-corrected chi connectivity index (χ3v) is 12.0. The number of rotatable bonds is 40. The highest BCUT2D eigenvalue weighted by Gasteiger charge is 2.27. The molecule has 55 heavy (non-hydrogen) atoms. The summed E-state index contributed by atoms with van der Waals surface area (Å²) < 4.78 is 1.16. The normalized spacial score (nSPS) is 12.1.